The lowest BCUT2D eigenvalue weighted by Gasteiger charge is -2.43. The number of pyridine rings is 1. The predicted molar refractivity (Wildman–Crippen MR) is 84.8 cm³/mol. The van der Waals surface area contributed by atoms with Crippen LogP contribution in [-0.2, 0) is 4.74 Å². The van der Waals surface area contributed by atoms with Gasteiger partial charge < -0.3 is 4.74 Å². The molecule has 3 saturated heterocycles. The highest BCUT2D eigenvalue weighted by molar-refractivity contribution is 5.89. The molecular weight excluding hydrogens is 278 g/mol. The molecule has 2 bridgehead atoms. The van der Waals surface area contributed by atoms with E-state index in [0.29, 0.717) is 11.6 Å². The van der Waals surface area contributed by atoms with Crippen LogP contribution >= 0.6 is 0 Å². The molecule has 5 rings (SSSR count). The molecule has 2 aromatic rings. The summed E-state index contributed by atoms with van der Waals surface area (Å²) >= 11 is 0. The number of rotatable bonds is 2. The molecule has 0 saturated carbocycles. The number of aromatic nitrogens is 1. The van der Waals surface area contributed by atoms with Crippen molar-refractivity contribution in [3.8, 4) is 0 Å². The van der Waals surface area contributed by atoms with E-state index < -0.39 is 0 Å². The number of hydrogen-bond donors (Lipinski definition) is 1. The zero-order chi connectivity index (χ0) is 14.9. The highest BCUT2D eigenvalue weighted by Gasteiger charge is 2.36. The standard InChI is InChI=1S/C17H19N3O2/c21-17(22-16-11-20-7-5-12(16)6-8-20)19-14-9-13-3-1-2-4-15(13)18-10-14/h1-4,9-10,12,16H,5-8,11H2,(H,19,21). The van der Waals surface area contributed by atoms with Gasteiger partial charge in [-0.2, -0.15) is 0 Å². The Hall–Kier alpha value is -2.14. The molecule has 0 aliphatic carbocycles. The van der Waals surface area contributed by atoms with E-state index in [0.717, 1.165) is 43.4 Å². The second-order valence-corrected chi connectivity index (χ2v) is 6.12. The molecule has 3 aliphatic heterocycles. The minimum atomic E-state index is -0.379. The molecule has 1 amide bonds. The number of piperidine rings is 3. The Bertz CT molecular complexity index is 695. The SMILES string of the molecule is O=C(Nc1cnc2ccccc2c1)OC1CN2CCC1CC2. The van der Waals surface area contributed by atoms with E-state index in [2.05, 4.69) is 15.2 Å². The minimum Gasteiger partial charge on any atom is -0.444 e. The third-order valence-corrected chi connectivity index (χ3v) is 4.69. The van der Waals surface area contributed by atoms with Crippen LogP contribution in [0, 0.1) is 5.92 Å². The Labute approximate surface area is 129 Å². The van der Waals surface area contributed by atoms with Crippen molar-refractivity contribution in [3.63, 3.8) is 0 Å². The number of carbonyl (C=O) groups excluding carboxylic acids is 1. The molecule has 1 unspecified atom stereocenters. The fraction of sp³-hybridized carbons (Fsp3) is 0.412. The molecule has 0 radical (unpaired) electrons. The van der Waals surface area contributed by atoms with Crippen molar-refractivity contribution in [1.82, 2.24) is 9.88 Å². The number of nitrogens with one attached hydrogen (secondary N) is 1. The molecule has 1 aromatic carbocycles. The Morgan fingerprint density at radius 1 is 1.27 bits per heavy atom. The summed E-state index contributed by atoms with van der Waals surface area (Å²) < 4.78 is 5.62. The first kappa shape index (κ1) is 13.5. The number of ether oxygens (including phenoxy) is 1. The zero-order valence-corrected chi connectivity index (χ0v) is 12.4. The lowest BCUT2D eigenvalue weighted by Crippen LogP contribution is -2.52. The summed E-state index contributed by atoms with van der Waals surface area (Å²) in [5.41, 5.74) is 1.59. The maximum atomic E-state index is 12.1. The highest BCUT2D eigenvalue weighted by atomic mass is 16.6. The molecule has 0 spiro atoms. The van der Waals surface area contributed by atoms with Gasteiger partial charge in [0.2, 0.25) is 0 Å². The van der Waals surface area contributed by atoms with Crippen LogP contribution in [0.5, 0.6) is 0 Å². The summed E-state index contributed by atoms with van der Waals surface area (Å²) in [5.74, 6) is 0.519. The van der Waals surface area contributed by atoms with Crippen LogP contribution < -0.4 is 5.32 Å². The zero-order valence-electron chi connectivity index (χ0n) is 12.4. The molecule has 22 heavy (non-hydrogen) atoms. The van der Waals surface area contributed by atoms with Crippen LogP contribution in [0.25, 0.3) is 10.9 Å². The van der Waals surface area contributed by atoms with Crippen LogP contribution in [0.2, 0.25) is 0 Å². The van der Waals surface area contributed by atoms with Crippen molar-refractivity contribution in [1.29, 1.82) is 0 Å². The van der Waals surface area contributed by atoms with Crippen LogP contribution in [0.3, 0.4) is 0 Å². The van der Waals surface area contributed by atoms with Gasteiger partial charge >= 0.3 is 6.09 Å². The van der Waals surface area contributed by atoms with Crippen molar-refractivity contribution < 1.29 is 9.53 Å². The molecular formula is C17H19N3O2. The molecule has 114 valence electrons. The number of anilines is 1. The fourth-order valence-electron chi connectivity index (χ4n) is 3.47. The number of hydrogen-bond acceptors (Lipinski definition) is 4. The van der Waals surface area contributed by atoms with Gasteiger partial charge in [-0.3, -0.25) is 15.2 Å². The van der Waals surface area contributed by atoms with E-state index >= 15 is 0 Å². The average Bonchev–Trinajstić information content (AvgIpc) is 2.56. The van der Waals surface area contributed by atoms with Crippen LogP contribution in [0.15, 0.2) is 36.5 Å². The maximum Gasteiger partial charge on any atom is 0.412 e. The minimum absolute atomic E-state index is 0.0240. The third-order valence-electron chi connectivity index (χ3n) is 4.69. The van der Waals surface area contributed by atoms with Gasteiger partial charge in [0, 0.05) is 11.9 Å². The summed E-state index contributed by atoms with van der Waals surface area (Å²) in [6, 6.07) is 9.75. The summed E-state index contributed by atoms with van der Waals surface area (Å²) in [7, 11) is 0. The molecule has 1 N–H and O–H groups in total. The van der Waals surface area contributed by atoms with Crippen molar-refractivity contribution in [2.75, 3.05) is 25.0 Å². The van der Waals surface area contributed by atoms with Crippen LogP contribution in [-0.4, -0.2) is 41.7 Å². The number of amides is 1. The number of fused-ring (bicyclic) bond motifs is 4. The Morgan fingerprint density at radius 3 is 2.86 bits per heavy atom. The van der Waals surface area contributed by atoms with Crippen molar-refractivity contribution >= 4 is 22.7 Å². The van der Waals surface area contributed by atoms with Gasteiger partial charge in [0.15, 0.2) is 0 Å². The molecule has 3 fully saturated rings. The van der Waals surface area contributed by atoms with Gasteiger partial charge in [0.05, 0.1) is 17.4 Å². The molecule has 3 aliphatic rings. The summed E-state index contributed by atoms with van der Waals surface area (Å²) in [6.07, 6.45) is 3.58. The van der Waals surface area contributed by atoms with E-state index in [1.807, 2.05) is 30.3 Å². The van der Waals surface area contributed by atoms with E-state index in [9.17, 15) is 4.79 Å². The summed E-state index contributed by atoms with van der Waals surface area (Å²) in [6.45, 7) is 3.15. The highest BCUT2D eigenvalue weighted by Crippen LogP contribution is 2.29. The molecule has 5 nitrogen and oxygen atoms in total. The largest absolute Gasteiger partial charge is 0.444 e. The smallest absolute Gasteiger partial charge is 0.412 e. The van der Waals surface area contributed by atoms with Gasteiger partial charge in [0.25, 0.3) is 0 Å². The Balaban J connectivity index is 1.42. The van der Waals surface area contributed by atoms with Gasteiger partial charge in [-0.1, -0.05) is 18.2 Å². The van der Waals surface area contributed by atoms with Gasteiger partial charge in [-0.25, -0.2) is 4.79 Å². The average molecular weight is 297 g/mol. The third kappa shape index (κ3) is 2.64. The van der Waals surface area contributed by atoms with Crippen LogP contribution in [0.4, 0.5) is 10.5 Å². The Morgan fingerprint density at radius 2 is 2.09 bits per heavy atom. The van der Waals surface area contributed by atoms with Gasteiger partial charge in [-0.05, 0) is 44.0 Å². The first-order valence-corrected chi connectivity index (χ1v) is 7.83. The van der Waals surface area contributed by atoms with Crippen molar-refractivity contribution in [2.45, 2.75) is 18.9 Å². The van der Waals surface area contributed by atoms with E-state index in [-0.39, 0.29) is 12.2 Å². The van der Waals surface area contributed by atoms with Gasteiger partial charge in [0.1, 0.15) is 6.10 Å². The lowest BCUT2D eigenvalue weighted by atomic mass is 9.86. The van der Waals surface area contributed by atoms with Gasteiger partial charge in [-0.15, -0.1) is 0 Å². The summed E-state index contributed by atoms with van der Waals surface area (Å²) in [5, 5.41) is 3.80. The first-order chi connectivity index (χ1) is 10.8. The molecule has 1 atom stereocenters. The lowest BCUT2D eigenvalue weighted by molar-refractivity contribution is -0.0289. The maximum absolute atomic E-state index is 12.1. The quantitative estimate of drug-likeness (QED) is 0.926. The van der Waals surface area contributed by atoms with Crippen LogP contribution in [0.1, 0.15) is 12.8 Å². The topological polar surface area (TPSA) is 54.5 Å². The van der Waals surface area contributed by atoms with Crippen molar-refractivity contribution in [2.24, 2.45) is 5.92 Å². The Kier molecular flexibility index (Phi) is 3.42. The number of benzene rings is 1. The van der Waals surface area contributed by atoms with Crippen molar-refractivity contribution in [3.05, 3.63) is 36.5 Å². The first-order valence-electron chi connectivity index (χ1n) is 7.83. The predicted octanol–water partition coefficient (Wildman–Crippen LogP) is 2.88. The fourth-order valence-corrected chi connectivity index (χ4v) is 3.47. The second-order valence-electron chi connectivity index (χ2n) is 6.12. The van der Waals surface area contributed by atoms with E-state index in [1.165, 1.54) is 0 Å². The normalized spacial score (nSPS) is 26.8. The molecule has 5 heteroatoms. The summed E-state index contributed by atoms with van der Waals surface area (Å²) in [4.78, 5) is 18.8. The number of para-hydroxylation sites is 1. The van der Waals surface area contributed by atoms with E-state index in [1.54, 1.807) is 6.20 Å². The number of nitrogens with zero attached hydrogens (tertiary/aromatic N) is 2. The number of carbonyl (C=O) groups is 1. The van der Waals surface area contributed by atoms with E-state index in [4.69, 9.17) is 4.74 Å². The monoisotopic (exact) mass is 297 g/mol. The second kappa shape index (κ2) is 5.57. The molecule has 1 aromatic heterocycles. The molecule has 4 heterocycles.